The average molecular weight is 604 g/mol. The van der Waals surface area contributed by atoms with Crippen LogP contribution in [0.4, 0.5) is 4.39 Å². The third kappa shape index (κ3) is 7.16. The maximum Gasteiger partial charge on any atom is 0.220 e. The number of amides is 1. The molecule has 6 rings (SSSR count). The second-order valence-electron chi connectivity index (χ2n) is 10.7. The van der Waals surface area contributed by atoms with E-state index in [9.17, 15) is 9.18 Å². The number of nitrogens with zero attached hydrogens (tertiary/aromatic N) is 2. The molecule has 0 saturated carbocycles. The molecule has 6 aromatic rings. The molecule has 0 saturated heterocycles. The van der Waals surface area contributed by atoms with Crippen LogP contribution in [-0.2, 0) is 17.8 Å². The van der Waals surface area contributed by atoms with Gasteiger partial charge in [0.05, 0.1) is 0 Å². The number of carbonyl (C=O) groups excluding carboxylic acids is 1. The summed E-state index contributed by atoms with van der Waals surface area (Å²) in [6.45, 7) is 1.07. The number of ether oxygens (including phenoxy) is 1. The Labute approximate surface area is 260 Å². The van der Waals surface area contributed by atoms with Crippen LogP contribution in [-0.4, -0.2) is 22.0 Å². The van der Waals surface area contributed by atoms with Crippen LogP contribution in [0.3, 0.4) is 0 Å². The molecule has 0 fully saturated rings. The van der Waals surface area contributed by atoms with Crippen LogP contribution >= 0.6 is 11.6 Å². The monoisotopic (exact) mass is 603 g/mol. The molecule has 0 aliphatic heterocycles. The van der Waals surface area contributed by atoms with Gasteiger partial charge in [-0.25, -0.2) is 4.39 Å². The second-order valence-corrected chi connectivity index (χ2v) is 11.1. The molecule has 0 spiro atoms. The molecule has 7 heteroatoms. The Morgan fingerprint density at radius 1 is 0.886 bits per heavy atom. The summed E-state index contributed by atoms with van der Waals surface area (Å²) in [6, 6.07) is 35.6. The number of nitrogens with one attached hydrogen (secondary N) is 1. The van der Waals surface area contributed by atoms with Gasteiger partial charge in [-0.15, -0.1) is 0 Å². The number of hydrogen-bond acceptors (Lipinski definition) is 3. The number of aromatic nitrogens is 2. The summed E-state index contributed by atoms with van der Waals surface area (Å²) in [5.41, 5.74) is 4.95. The normalized spacial score (nSPS) is 11.8. The van der Waals surface area contributed by atoms with Crippen molar-refractivity contribution in [3.05, 3.63) is 161 Å². The molecule has 44 heavy (non-hydrogen) atoms. The summed E-state index contributed by atoms with van der Waals surface area (Å²) in [5.74, 6) is 0.775. The van der Waals surface area contributed by atoms with Crippen LogP contribution in [0.15, 0.2) is 128 Å². The SMILES string of the molecule is O=C(C[C@H](c1cccc(Oc2ccc(Cl)cc2)c1)c1cn(Cc2ccc(F)cc2)c2ccccc12)NCCc1ccccn1. The van der Waals surface area contributed by atoms with E-state index in [0.29, 0.717) is 36.0 Å². The summed E-state index contributed by atoms with van der Waals surface area (Å²) >= 11 is 6.06. The van der Waals surface area contributed by atoms with Crippen molar-refractivity contribution in [2.45, 2.75) is 25.3 Å². The summed E-state index contributed by atoms with van der Waals surface area (Å²) in [7, 11) is 0. The van der Waals surface area contributed by atoms with E-state index in [2.05, 4.69) is 33.2 Å². The molecule has 1 atom stereocenters. The Balaban J connectivity index is 1.33. The third-order valence-electron chi connectivity index (χ3n) is 7.59. The van der Waals surface area contributed by atoms with E-state index < -0.39 is 0 Å². The Morgan fingerprint density at radius 2 is 1.68 bits per heavy atom. The van der Waals surface area contributed by atoms with Crippen molar-refractivity contribution < 1.29 is 13.9 Å². The van der Waals surface area contributed by atoms with Gasteiger partial charge in [-0.1, -0.05) is 60.1 Å². The van der Waals surface area contributed by atoms with Gasteiger partial charge in [0.15, 0.2) is 0 Å². The van der Waals surface area contributed by atoms with Crippen LogP contribution in [0.2, 0.25) is 5.02 Å². The smallest absolute Gasteiger partial charge is 0.220 e. The van der Waals surface area contributed by atoms with Gasteiger partial charge >= 0.3 is 0 Å². The number of rotatable bonds is 11. The lowest BCUT2D eigenvalue weighted by Crippen LogP contribution is -2.27. The first-order valence-corrected chi connectivity index (χ1v) is 14.9. The molecule has 0 unspecified atom stereocenters. The zero-order valence-corrected chi connectivity index (χ0v) is 24.8. The molecule has 5 nitrogen and oxygen atoms in total. The quantitative estimate of drug-likeness (QED) is 0.161. The predicted molar refractivity (Wildman–Crippen MR) is 173 cm³/mol. The molecule has 1 N–H and O–H groups in total. The fourth-order valence-corrected chi connectivity index (χ4v) is 5.57. The van der Waals surface area contributed by atoms with Crippen molar-refractivity contribution in [3.8, 4) is 11.5 Å². The van der Waals surface area contributed by atoms with Crippen LogP contribution in [0.25, 0.3) is 10.9 Å². The zero-order chi connectivity index (χ0) is 30.3. The fourth-order valence-electron chi connectivity index (χ4n) is 5.44. The number of carbonyl (C=O) groups is 1. The van der Waals surface area contributed by atoms with E-state index in [-0.39, 0.29) is 24.1 Å². The number of halogens is 2. The molecule has 4 aromatic carbocycles. The van der Waals surface area contributed by atoms with Gasteiger partial charge in [-0.05, 0) is 83.4 Å². The standard InChI is InChI=1S/C37H31ClFN3O2/c38-28-13-17-31(18-14-28)44-32-8-5-6-27(22-32)34(23-37(43)41-21-19-30-7-3-4-20-40-30)35-25-42(36-10-2-1-9-33(35)36)24-26-11-15-29(39)16-12-26/h1-18,20,22,25,34H,19,21,23-24H2,(H,41,43)/t34-/m1/s1. The van der Waals surface area contributed by atoms with Crippen molar-refractivity contribution in [2.24, 2.45) is 0 Å². The Morgan fingerprint density at radius 3 is 2.48 bits per heavy atom. The highest BCUT2D eigenvalue weighted by Crippen LogP contribution is 2.37. The molecular formula is C37H31ClFN3O2. The highest BCUT2D eigenvalue weighted by atomic mass is 35.5. The van der Waals surface area contributed by atoms with Gasteiger partial charge in [0.2, 0.25) is 5.91 Å². The number of fused-ring (bicyclic) bond motifs is 1. The van der Waals surface area contributed by atoms with Gasteiger partial charge < -0.3 is 14.6 Å². The highest BCUT2D eigenvalue weighted by molar-refractivity contribution is 6.30. The second kappa shape index (κ2) is 13.6. The largest absolute Gasteiger partial charge is 0.457 e. The summed E-state index contributed by atoms with van der Waals surface area (Å²) in [6.07, 6.45) is 4.77. The minimum Gasteiger partial charge on any atom is -0.457 e. The van der Waals surface area contributed by atoms with E-state index in [4.69, 9.17) is 16.3 Å². The van der Waals surface area contributed by atoms with Crippen molar-refractivity contribution >= 4 is 28.4 Å². The maximum atomic E-state index is 13.6. The van der Waals surface area contributed by atoms with E-state index in [1.54, 1.807) is 30.5 Å². The third-order valence-corrected chi connectivity index (χ3v) is 7.84. The van der Waals surface area contributed by atoms with Gasteiger partial charge in [0, 0.05) is 65.9 Å². The lowest BCUT2D eigenvalue weighted by atomic mass is 9.88. The lowest BCUT2D eigenvalue weighted by Gasteiger charge is -2.18. The minimum atomic E-state index is -0.262. The van der Waals surface area contributed by atoms with Crippen molar-refractivity contribution in [1.29, 1.82) is 0 Å². The number of hydrogen-bond donors (Lipinski definition) is 1. The Hall–Kier alpha value is -4.94. The number of benzene rings is 4. The minimum absolute atomic E-state index is 0.0506. The van der Waals surface area contributed by atoms with Gasteiger partial charge in [-0.2, -0.15) is 0 Å². The molecule has 0 aliphatic rings. The maximum absolute atomic E-state index is 13.6. The van der Waals surface area contributed by atoms with E-state index >= 15 is 0 Å². The van der Waals surface area contributed by atoms with Crippen LogP contribution in [0, 0.1) is 5.82 Å². The van der Waals surface area contributed by atoms with Gasteiger partial charge in [0.1, 0.15) is 17.3 Å². The highest BCUT2D eigenvalue weighted by Gasteiger charge is 2.23. The molecule has 1 amide bonds. The first-order chi connectivity index (χ1) is 21.5. The summed E-state index contributed by atoms with van der Waals surface area (Å²) < 4.78 is 21.9. The molecular weight excluding hydrogens is 573 g/mol. The average Bonchev–Trinajstić information content (AvgIpc) is 3.40. The van der Waals surface area contributed by atoms with Crippen LogP contribution in [0.1, 0.15) is 34.7 Å². The molecule has 0 bridgehead atoms. The van der Waals surface area contributed by atoms with E-state index in [0.717, 1.165) is 33.3 Å². The fraction of sp³-hybridized carbons (Fsp3) is 0.135. The Bertz CT molecular complexity index is 1850. The van der Waals surface area contributed by atoms with Crippen molar-refractivity contribution in [1.82, 2.24) is 14.9 Å². The predicted octanol–water partition coefficient (Wildman–Crippen LogP) is 8.55. The van der Waals surface area contributed by atoms with Crippen molar-refractivity contribution in [3.63, 3.8) is 0 Å². The van der Waals surface area contributed by atoms with E-state index in [1.165, 1.54) is 12.1 Å². The number of pyridine rings is 1. The van der Waals surface area contributed by atoms with Crippen molar-refractivity contribution in [2.75, 3.05) is 6.54 Å². The van der Waals surface area contributed by atoms with E-state index in [1.807, 2.05) is 66.7 Å². The molecule has 0 aliphatic carbocycles. The topological polar surface area (TPSA) is 56.1 Å². The molecule has 220 valence electrons. The van der Waals surface area contributed by atoms with Crippen LogP contribution < -0.4 is 10.1 Å². The number of para-hydroxylation sites is 1. The first kappa shape index (κ1) is 29.1. The molecule has 2 heterocycles. The van der Waals surface area contributed by atoms with Gasteiger partial charge in [0.25, 0.3) is 0 Å². The lowest BCUT2D eigenvalue weighted by molar-refractivity contribution is -0.121. The first-order valence-electron chi connectivity index (χ1n) is 14.5. The molecule has 0 radical (unpaired) electrons. The molecule has 2 aromatic heterocycles. The zero-order valence-electron chi connectivity index (χ0n) is 24.0. The Kier molecular flexibility index (Phi) is 8.99. The summed E-state index contributed by atoms with van der Waals surface area (Å²) in [4.78, 5) is 17.8. The van der Waals surface area contributed by atoms with Crippen LogP contribution in [0.5, 0.6) is 11.5 Å². The summed E-state index contributed by atoms with van der Waals surface area (Å²) in [5, 5.41) is 4.79. The van der Waals surface area contributed by atoms with Gasteiger partial charge in [-0.3, -0.25) is 9.78 Å².